The normalized spacial score (nSPS) is 10.0. The van der Waals surface area contributed by atoms with E-state index >= 15 is 0 Å². The number of unbranched alkanes of at least 4 members (excludes halogenated alkanes) is 7. The van der Waals surface area contributed by atoms with Gasteiger partial charge in [-0.1, -0.05) is 77.0 Å². The number of para-hydroxylation sites is 1. The quantitative estimate of drug-likeness (QED) is 0.511. The molecule has 1 aromatic carbocycles. The number of benzene rings is 1. The molecule has 0 aliphatic rings. The van der Waals surface area contributed by atoms with Crippen LogP contribution >= 0.6 is 0 Å². The molecule has 1 N–H and O–H groups in total. The molecule has 0 aromatic heterocycles. The van der Waals surface area contributed by atoms with Crippen LogP contribution in [-0.4, -0.2) is 18.3 Å². The van der Waals surface area contributed by atoms with Gasteiger partial charge in [0.05, 0.1) is 0 Å². The molecule has 1 rings (SSSR count). The van der Waals surface area contributed by atoms with Crippen LogP contribution in [0.5, 0.6) is 5.75 Å². The summed E-state index contributed by atoms with van der Waals surface area (Å²) in [5.74, 6) is 0.322. The Bertz CT molecular complexity index is 273. The van der Waals surface area contributed by atoms with Gasteiger partial charge in [0.25, 0.3) is 0 Å². The molecule has 21 heavy (non-hydrogen) atoms. The minimum atomic E-state index is 0.322. The van der Waals surface area contributed by atoms with Crippen LogP contribution in [0.3, 0.4) is 0 Å². The highest BCUT2D eigenvalue weighted by molar-refractivity contribution is 5.18. The van der Waals surface area contributed by atoms with Crippen LogP contribution in [0.15, 0.2) is 30.3 Å². The molecule has 0 saturated heterocycles. The third kappa shape index (κ3) is 16.9. The van der Waals surface area contributed by atoms with Gasteiger partial charge in [-0.25, -0.2) is 0 Å². The molecule has 2 heteroatoms. The zero-order chi connectivity index (χ0) is 15.6. The molecular formula is C19H34O2. The lowest BCUT2D eigenvalue weighted by Crippen LogP contribution is -1.96. The molecule has 0 aliphatic heterocycles. The fourth-order valence-electron chi connectivity index (χ4n) is 1.94. The lowest BCUT2D eigenvalue weighted by atomic mass is 10.1. The van der Waals surface area contributed by atoms with Crippen molar-refractivity contribution in [2.45, 2.75) is 71.6 Å². The Labute approximate surface area is 131 Å². The van der Waals surface area contributed by atoms with E-state index in [4.69, 9.17) is 9.84 Å². The summed E-state index contributed by atoms with van der Waals surface area (Å²) in [5, 5.41) is 8.63. The molecule has 2 nitrogen and oxygen atoms in total. The smallest absolute Gasteiger partial charge is 0.115 e. The van der Waals surface area contributed by atoms with Crippen LogP contribution in [0, 0.1) is 0 Å². The van der Waals surface area contributed by atoms with E-state index in [0.29, 0.717) is 5.75 Å². The second-order valence-corrected chi connectivity index (χ2v) is 5.42. The molecule has 0 spiro atoms. The molecule has 0 amide bonds. The standard InChI is InChI=1S/C13H28O.C6H6O/c1-3-5-7-8-9-10-11-13-14-12-6-4-2;7-6-4-2-1-3-5-6/h3-13H2,1-2H3;1-5,7H. The summed E-state index contributed by atoms with van der Waals surface area (Å²) in [6, 6.07) is 8.71. The average Bonchev–Trinajstić information content (AvgIpc) is 2.51. The minimum Gasteiger partial charge on any atom is -0.508 e. The summed E-state index contributed by atoms with van der Waals surface area (Å²) < 4.78 is 5.50. The Hall–Kier alpha value is -1.02. The average molecular weight is 294 g/mol. The van der Waals surface area contributed by atoms with Crippen molar-refractivity contribution in [2.24, 2.45) is 0 Å². The second-order valence-electron chi connectivity index (χ2n) is 5.42. The Morgan fingerprint density at radius 1 is 0.714 bits per heavy atom. The van der Waals surface area contributed by atoms with Gasteiger partial charge in [0.15, 0.2) is 0 Å². The number of phenols is 1. The monoisotopic (exact) mass is 294 g/mol. The van der Waals surface area contributed by atoms with Gasteiger partial charge in [-0.3, -0.25) is 0 Å². The van der Waals surface area contributed by atoms with Gasteiger partial charge >= 0.3 is 0 Å². The van der Waals surface area contributed by atoms with Crippen LogP contribution in [0.25, 0.3) is 0 Å². The number of hydrogen-bond acceptors (Lipinski definition) is 2. The molecule has 0 bridgehead atoms. The maximum atomic E-state index is 8.63. The highest BCUT2D eigenvalue weighted by Gasteiger charge is 1.91. The van der Waals surface area contributed by atoms with E-state index in [-0.39, 0.29) is 0 Å². The summed E-state index contributed by atoms with van der Waals surface area (Å²) in [6.07, 6.45) is 12.1. The van der Waals surface area contributed by atoms with Gasteiger partial charge in [0.2, 0.25) is 0 Å². The Kier molecular flexibility index (Phi) is 16.2. The predicted molar refractivity (Wildman–Crippen MR) is 91.8 cm³/mol. The minimum absolute atomic E-state index is 0.322. The first kappa shape index (κ1) is 20.0. The summed E-state index contributed by atoms with van der Waals surface area (Å²) >= 11 is 0. The van der Waals surface area contributed by atoms with Crippen LogP contribution < -0.4 is 0 Å². The molecule has 1 aromatic rings. The van der Waals surface area contributed by atoms with Crippen LogP contribution in [0.2, 0.25) is 0 Å². The zero-order valence-corrected chi connectivity index (χ0v) is 14.0. The fraction of sp³-hybridized carbons (Fsp3) is 0.684. The van der Waals surface area contributed by atoms with Crippen LogP contribution in [0.1, 0.15) is 71.6 Å². The lowest BCUT2D eigenvalue weighted by molar-refractivity contribution is 0.127. The molecule has 0 fully saturated rings. The number of ether oxygens (including phenoxy) is 1. The number of hydrogen-bond donors (Lipinski definition) is 1. The van der Waals surface area contributed by atoms with E-state index < -0.39 is 0 Å². The van der Waals surface area contributed by atoms with Gasteiger partial charge in [0.1, 0.15) is 5.75 Å². The van der Waals surface area contributed by atoms with Gasteiger partial charge in [-0.2, -0.15) is 0 Å². The van der Waals surface area contributed by atoms with E-state index in [2.05, 4.69) is 13.8 Å². The topological polar surface area (TPSA) is 29.5 Å². The SMILES string of the molecule is CCCCCCCCCOCCCC.Oc1ccccc1. The molecule has 0 unspecified atom stereocenters. The Morgan fingerprint density at radius 3 is 1.76 bits per heavy atom. The maximum absolute atomic E-state index is 8.63. The molecule has 0 saturated carbocycles. The van der Waals surface area contributed by atoms with Crippen molar-refractivity contribution >= 4 is 0 Å². The molecule has 122 valence electrons. The van der Waals surface area contributed by atoms with Crippen molar-refractivity contribution in [2.75, 3.05) is 13.2 Å². The van der Waals surface area contributed by atoms with E-state index in [1.165, 1.54) is 57.8 Å². The van der Waals surface area contributed by atoms with Crippen molar-refractivity contribution in [1.82, 2.24) is 0 Å². The Balaban J connectivity index is 0.000000471. The summed E-state index contributed by atoms with van der Waals surface area (Å²) in [5.41, 5.74) is 0. The molecule has 0 radical (unpaired) electrons. The van der Waals surface area contributed by atoms with Crippen LogP contribution in [-0.2, 0) is 4.74 Å². The highest BCUT2D eigenvalue weighted by atomic mass is 16.5. The molecular weight excluding hydrogens is 260 g/mol. The molecule has 0 atom stereocenters. The summed E-state index contributed by atoms with van der Waals surface area (Å²) in [7, 11) is 0. The molecule has 0 aliphatic carbocycles. The first-order valence-corrected chi connectivity index (χ1v) is 8.63. The predicted octanol–water partition coefficient (Wildman–Crippen LogP) is 5.95. The third-order valence-corrected chi connectivity index (χ3v) is 3.29. The van der Waals surface area contributed by atoms with Gasteiger partial charge in [-0.05, 0) is 25.0 Å². The van der Waals surface area contributed by atoms with Crippen molar-refractivity contribution in [3.8, 4) is 5.75 Å². The van der Waals surface area contributed by atoms with E-state index in [1.54, 1.807) is 24.3 Å². The number of phenolic OH excluding ortho intramolecular Hbond substituents is 1. The molecule has 0 heterocycles. The van der Waals surface area contributed by atoms with Crippen molar-refractivity contribution in [3.63, 3.8) is 0 Å². The number of aromatic hydroxyl groups is 1. The summed E-state index contributed by atoms with van der Waals surface area (Å²) in [4.78, 5) is 0. The van der Waals surface area contributed by atoms with Crippen molar-refractivity contribution < 1.29 is 9.84 Å². The highest BCUT2D eigenvalue weighted by Crippen LogP contribution is 2.06. The third-order valence-electron chi connectivity index (χ3n) is 3.29. The summed E-state index contributed by atoms with van der Waals surface area (Å²) in [6.45, 7) is 6.42. The lowest BCUT2D eigenvalue weighted by Gasteiger charge is -2.03. The van der Waals surface area contributed by atoms with E-state index in [0.717, 1.165) is 13.2 Å². The van der Waals surface area contributed by atoms with E-state index in [1.807, 2.05) is 6.07 Å². The Morgan fingerprint density at radius 2 is 1.24 bits per heavy atom. The zero-order valence-electron chi connectivity index (χ0n) is 14.0. The van der Waals surface area contributed by atoms with E-state index in [9.17, 15) is 0 Å². The largest absolute Gasteiger partial charge is 0.508 e. The van der Waals surface area contributed by atoms with Crippen molar-refractivity contribution in [3.05, 3.63) is 30.3 Å². The van der Waals surface area contributed by atoms with Gasteiger partial charge in [0, 0.05) is 13.2 Å². The van der Waals surface area contributed by atoms with Crippen LogP contribution in [0.4, 0.5) is 0 Å². The second kappa shape index (κ2) is 17.0. The maximum Gasteiger partial charge on any atom is 0.115 e. The van der Waals surface area contributed by atoms with Crippen molar-refractivity contribution in [1.29, 1.82) is 0 Å². The fourth-order valence-corrected chi connectivity index (χ4v) is 1.94. The first-order chi connectivity index (χ1) is 10.3. The van der Waals surface area contributed by atoms with Gasteiger partial charge < -0.3 is 9.84 Å². The first-order valence-electron chi connectivity index (χ1n) is 8.63. The number of rotatable bonds is 11. The van der Waals surface area contributed by atoms with Gasteiger partial charge in [-0.15, -0.1) is 0 Å².